The van der Waals surface area contributed by atoms with Crippen molar-refractivity contribution in [3.05, 3.63) is 48.0 Å². The summed E-state index contributed by atoms with van der Waals surface area (Å²) in [6, 6.07) is 11.7. The molecule has 0 saturated carbocycles. The fourth-order valence-corrected chi connectivity index (χ4v) is 1.77. The fraction of sp³-hybridized carbons (Fsp3) is 0.231. The zero-order valence-electron chi connectivity index (χ0n) is 8.75. The van der Waals surface area contributed by atoms with Gasteiger partial charge in [0.25, 0.3) is 6.43 Å². The van der Waals surface area contributed by atoms with Crippen LogP contribution in [0.4, 0.5) is 13.2 Å². The van der Waals surface area contributed by atoms with E-state index in [9.17, 15) is 13.2 Å². The van der Waals surface area contributed by atoms with Crippen molar-refractivity contribution in [2.24, 2.45) is 0 Å². The van der Waals surface area contributed by atoms with Crippen molar-refractivity contribution in [2.45, 2.75) is 19.0 Å². The topological polar surface area (TPSA) is 0 Å². The molecule has 2 aromatic rings. The molecule has 0 bridgehead atoms. The monoisotopic (exact) mass is 224 g/mol. The summed E-state index contributed by atoms with van der Waals surface area (Å²) in [5.74, 6) is 0. The molecule has 0 amide bonds. The Morgan fingerprint density at radius 3 is 2.31 bits per heavy atom. The first kappa shape index (κ1) is 11.0. The molecule has 0 fully saturated rings. The van der Waals surface area contributed by atoms with E-state index in [-0.39, 0.29) is 5.56 Å². The first-order valence-corrected chi connectivity index (χ1v) is 4.99. The molecule has 0 radical (unpaired) electrons. The summed E-state index contributed by atoms with van der Waals surface area (Å²) in [6.45, 7) is 0.916. The van der Waals surface area contributed by atoms with Crippen LogP contribution in [0.15, 0.2) is 42.5 Å². The lowest BCUT2D eigenvalue weighted by Gasteiger charge is -2.21. The molecule has 2 rings (SSSR count). The lowest BCUT2D eigenvalue weighted by molar-refractivity contribution is -0.0248. The molecule has 0 spiro atoms. The zero-order valence-corrected chi connectivity index (χ0v) is 8.75. The van der Waals surface area contributed by atoms with E-state index in [0.717, 1.165) is 12.3 Å². The van der Waals surface area contributed by atoms with Crippen molar-refractivity contribution in [2.75, 3.05) is 0 Å². The normalized spacial score (nSPS) is 15.3. The average molecular weight is 224 g/mol. The Bertz CT molecular complexity index is 498. The van der Waals surface area contributed by atoms with Crippen LogP contribution < -0.4 is 0 Å². The highest BCUT2D eigenvalue weighted by atomic mass is 19.3. The summed E-state index contributed by atoms with van der Waals surface area (Å²) < 4.78 is 39.2. The van der Waals surface area contributed by atoms with E-state index in [1.54, 1.807) is 36.4 Å². The lowest BCUT2D eigenvalue weighted by atomic mass is 9.93. The molecular formula is C13H11F3. The Morgan fingerprint density at radius 1 is 1.00 bits per heavy atom. The molecule has 16 heavy (non-hydrogen) atoms. The van der Waals surface area contributed by atoms with Crippen molar-refractivity contribution in [3.8, 4) is 0 Å². The van der Waals surface area contributed by atoms with Crippen LogP contribution in [0.2, 0.25) is 0 Å². The lowest BCUT2D eigenvalue weighted by Crippen LogP contribution is -2.25. The molecule has 3 heteroatoms. The van der Waals surface area contributed by atoms with E-state index in [1.807, 2.05) is 0 Å². The Hall–Kier alpha value is -1.51. The highest BCUT2D eigenvalue weighted by Gasteiger charge is 2.37. The molecule has 1 unspecified atom stereocenters. The van der Waals surface area contributed by atoms with E-state index < -0.39 is 12.1 Å². The molecule has 0 saturated heterocycles. The summed E-state index contributed by atoms with van der Waals surface area (Å²) in [4.78, 5) is 0. The second kappa shape index (κ2) is 3.81. The number of rotatable bonds is 2. The summed E-state index contributed by atoms with van der Waals surface area (Å²) in [6.07, 6.45) is -3.03. The van der Waals surface area contributed by atoms with Gasteiger partial charge in [-0.15, -0.1) is 0 Å². The summed E-state index contributed by atoms with van der Waals surface area (Å²) in [5, 5.41) is 1.31. The molecule has 0 heterocycles. The predicted octanol–water partition coefficient (Wildman–Crippen LogP) is 4.29. The van der Waals surface area contributed by atoms with Gasteiger partial charge < -0.3 is 0 Å². The third kappa shape index (κ3) is 1.66. The minimum Gasteiger partial charge on any atom is -0.233 e. The second-order valence-electron chi connectivity index (χ2n) is 3.90. The van der Waals surface area contributed by atoms with Crippen molar-refractivity contribution in [1.29, 1.82) is 0 Å². The number of halogens is 3. The number of benzene rings is 2. The third-order valence-electron chi connectivity index (χ3n) is 2.73. The molecule has 1 atom stereocenters. The van der Waals surface area contributed by atoms with E-state index in [4.69, 9.17) is 0 Å². The molecule has 84 valence electrons. The minimum atomic E-state index is -3.03. The molecule has 0 aliphatic rings. The van der Waals surface area contributed by atoms with Crippen LogP contribution in [-0.4, -0.2) is 6.43 Å². The van der Waals surface area contributed by atoms with Crippen LogP contribution in [-0.2, 0) is 5.67 Å². The van der Waals surface area contributed by atoms with Crippen LogP contribution in [0.1, 0.15) is 12.5 Å². The first-order chi connectivity index (χ1) is 7.53. The number of hydrogen-bond acceptors (Lipinski definition) is 0. The standard InChI is InChI=1S/C13H11F3/c1-13(16,12(14)15)11-8-4-6-9-5-2-3-7-10(9)11/h2-8,12H,1H3. The maximum Gasteiger partial charge on any atom is 0.276 e. The highest BCUT2D eigenvalue weighted by Crippen LogP contribution is 2.36. The second-order valence-corrected chi connectivity index (χ2v) is 3.90. The zero-order chi connectivity index (χ0) is 11.8. The van der Waals surface area contributed by atoms with Crippen LogP contribution in [0.3, 0.4) is 0 Å². The van der Waals surface area contributed by atoms with Crippen molar-refractivity contribution < 1.29 is 13.2 Å². The van der Waals surface area contributed by atoms with E-state index in [1.165, 1.54) is 6.07 Å². The predicted molar refractivity (Wildman–Crippen MR) is 58.4 cm³/mol. The quantitative estimate of drug-likeness (QED) is 0.713. The van der Waals surface area contributed by atoms with Gasteiger partial charge in [0.15, 0.2) is 5.67 Å². The Morgan fingerprint density at radius 2 is 1.62 bits per heavy atom. The number of hydrogen-bond donors (Lipinski definition) is 0. The molecule has 0 aromatic heterocycles. The van der Waals surface area contributed by atoms with Gasteiger partial charge in [0.1, 0.15) is 0 Å². The first-order valence-electron chi connectivity index (χ1n) is 4.99. The average Bonchev–Trinajstić information content (AvgIpc) is 2.28. The van der Waals surface area contributed by atoms with Crippen molar-refractivity contribution >= 4 is 10.8 Å². The smallest absolute Gasteiger partial charge is 0.233 e. The van der Waals surface area contributed by atoms with Gasteiger partial charge in [0.05, 0.1) is 0 Å². The van der Waals surface area contributed by atoms with Crippen LogP contribution in [0, 0.1) is 0 Å². The third-order valence-corrected chi connectivity index (χ3v) is 2.73. The van der Waals surface area contributed by atoms with E-state index >= 15 is 0 Å². The Kier molecular flexibility index (Phi) is 2.62. The van der Waals surface area contributed by atoms with Gasteiger partial charge >= 0.3 is 0 Å². The molecule has 2 aromatic carbocycles. The molecule has 0 aliphatic heterocycles. The van der Waals surface area contributed by atoms with Gasteiger partial charge in [-0.05, 0) is 17.7 Å². The van der Waals surface area contributed by atoms with Crippen LogP contribution in [0.25, 0.3) is 10.8 Å². The summed E-state index contributed by atoms with van der Waals surface area (Å²) >= 11 is 0. The fourth-order valence-electron chi connectivity index (χ4n) is 1.77. The van der Waals surface area contributed by atoms with E-state index in [0.29, 0.717) is 5.39 Å². The van der Waals surface area contributed by atoms with Gasteiger partial charge in [-0.1, -0.05) is 42.5 Å². The van der Waals surface area contributed by atoms with Gasteiger partial charge in [-0.3, -0.25) is 0 Å². The molecular weight excluding hydrogens is 213 g/mol. The van der Waals surface area contributed by atoms with Crippen LogP contribution in [0.5, 0.6) is 0 Å². The Labute approximate surface area is 91.7 Å². The minimum absolute atomic E-state index is 0.0422. The van der Waals surface area contributed by atoms with Gasteiger partial charge in [-0.2, -0.15) is 0 Å². The SMILES string of the molecule is CC(F)(c1cccc2ccccc12)C(F)F. The van der Waals surface area contributed by atoms with Crippen LogP contribution >= 0.6 is 0 Å². The number of alkyl halides is 3. The van der Waals surface area contributed by atoms with Crippen molar-refractivity contribution in [3.63, 3.8) is 0 Å². The maximum atomic E-state index is 13.9. The van der Waals surface area contributed by atoms with Gasteiger partial charge in [-0.25, -0.2) is 13.2 Å². The van der Waals surface area contributed by atoms with Gasteiger partial charge in [0.2, 0.25) is 0 Å². The maximum absolute atomic E-state index is 13.9. The molecule has 0 aliphatic carbocycles. The van der Waals surface area contributed by atoms with Gasteiger partial charge in [0, 0.05) is 5.56 Å². The molecule has 0 N–H and O–H groups in total. The summed E-state index contributed by atoms with van der Waals surface area (Å²) in [5.41, 5.74) is -2.57. The summed E-state index contributed by atoms with van der Waals surface area (Å²) in [7, 11) is 0. The van der Waals surface area contributed by atoms with E-state index in [2.05, 4.69) is 0 Å². The van der Waals surface area contributed by atoms with Crippen molar-refractivity contribution in [1.82, 2.24) is 0 Å². The molecule has 0 nitrogen and oxygen atoms in total. The highest BCUT2D eigenvalue weighted by molar-refractivity contribution is 5.86. The number of fused-ring (bicyclic) bond motifs is 1. The largest absolute Gasteiger partial charge is 0.276 e. The Balaban J connectivity index is 2.70.